The van der Waals surface area contributed by atoms with E-state index in [2.05, 4.69) is 21.2 Å². The van der Waals surface area contributed by atoms with E-state index < -0.39 is 0 Å². The average Bonchev–Trinajstić information content (AvgIpc) is 3.36. The van der Waals surface area contributed by atoms with E-state index in [1.54, 1.807) is 0 Å². The third kappa shape index (κ3) is 3.49. The molecule has 0 radical (unpaired) electrons. The van der Waals surface area contributed by atoms with Crippen LogP contribution in [-0.2, 0) is 6.54 Å². The van der Waals surface area contributed by atoms with Crippen LogP contribution in [0.1, 0.15) is 49.5 Å². The molecule has 5 rings (SSSR count). The van der Waals surface area contributed by atoms with Gasteiger partial charge < -0.3 is 14.8 Å². The van der Waals surface area contributed by atoms with Crippen LogP contribution < -0.4 is 5.73 Å². The Balaban J connectivity index is 1.51. The molecule has 1 saturated carbocycles. The number of halogens is 1. The third-order valence-corrected chi connectivity index (χ3v) is 6.02. The van der Waals surface area contributed by atoms with Crippen molar-refractivity contribution in [3.05, 3.63) is 59.3 Å². The maximum absolute atomic E-state index is 6.21. The Morgan fingerprint density at radius 2 is 1.90 bits per heavy atom. The number of rotatable bonds is 4. The molecule has 1 aromatic carbocycles. The van der Waals surface area contributed by atoms with Gasteiger partial charge in [0, 0.05) is 28.8 Å². The van der Waals surface area contributed by atoms with Gasteiger partial charge in [-0.2, -0.15) is 0 Å². The number of nitrogen functional groups attached to an aromatic ring is 1. The molecule has 3 heterocycles. The predicted octanol–water partition coefficient (Wildman–Crippen LogP) is 5.42. The van der Waals surface area contributed by atoms with Gasteiger partial charge in [-0.15, -0.1) is 0 Å². The summed E-state index contributed by atoms with van der Waals surface area (Å²) in [4.78, 5) is 8.67. The fourth-order valence-electron chi connectivity index (χ4n) is 4.28. The Kier molecular flexibility index (Phi) is 4.72. The highest BCUT2D eigenvalue weighted by Crippen LogP contribution is 2.35. The molecule has 0 amide bonds. The summed E-state index contributed by atoms with van der Waals surface area (Å²) in [6, 6.07) is 9.78. The summed E-state index contributed by atoms with van der Waals surface area (Å²) in [6.45, 7) is 0.542. The highest BCUT2D eigenvalue weighted by molar-refractivity contribution is 6.30. The molecule has 0 aliphatic heterocycles. The molecule has 1 fully saturated rings. The van der Waals surface area contributed by atoms with E-state index in [4.69, 9.17) is 21.9 Å². The van der Waals surface area contributed by atoms with Crippen molar-refractivity contribution in [3.8, 4) is 11.1 Å². The number of benzene rings is 1. The quantitative estimate of drug-likeness (QED) is 0.488. The average molecular weight is 408 g/mol. The standard InChI is InChI=1S/C22H22ClN5O/c23-16-8-6-14(7-9-16)18-12-28(22-20(18)21(24)25-13-26-22)11-17-10-19(27-29-17)15-4-2-1-3-5-15/h6-10,12-13,15H,1-5,11H2,(H2,24,25,26). The Labute approximate surface area is 173 Å². The molecule has 2 N–H and O–H groups in total. The minimum absolute atomic E-state index is 0.458. The highest BCUT2D eigenvalue weighted by Gasteiger charge is 2.21. The number of anilines is 1. The second-order valence-corrected chi connectivity index (χ2v) is 8.12. The highest BCUT2D eigenvalue weighted by atomic mass is 35.5. The summed E-state index contributed by atoms with van der Waals surface area (Å²) < 4.78 is 7.71. The number of nitrogens with two attached hydrogens (primary N) is 1. The van der Waals surface area contributed by atoms with Gasteiger partial charge in [0.1, 0.15) is 17.8 Å². The van der Waals surface area contributed by atoms with Gasteiger partial charge in [0.15, 0.2) is 5.76 Å². The van der Waals surface area contributed by atoms with E-state index in [1.165, 1.54) is 38.4 Å². The lowest BCUT2D eigenvalue weighted by Gasteiger charge is -2.18. The van der Waals surface area contributed by atoms with Crippen LogP contribution in [0.2, 0.25) is 5.02 Å². The van der Waals surface area contributed by atoms with Crippen LogP contribution in [0.5, 0.6) is 0 Å². The smallest absolute Gasteiger partial charge is 0.156 e. The molecule has 6 nitrogen and oxygen atoms in total. The van der Waals surface area contributed by atoms with E-state index in [9.17, 15) is 0 Å². The summed E-state index contributed by atoms with van der Waals surface area (Å²) in [5, 5.41) is 5.88. The Bertz CT molecular complexity index is 1140. The molecule has 148 valence electrons. The van der Waals surface area contributed by atoms with Crippen LogP contribution in [0.15, 0.2) is 47.4 Å². The molecule has 29 heavy (non-hydrogen) atoms. The zero-order chi connectivity index (χ0) is 19.8. The number of aromatic nitrogens is 4. The van der Waals surface area contributed by atoms with Gasteiger partial charge in [0.2, 0.25) is 0 Å². The maximum Gasteiger partial charge on any atom is 0.156 e. The second-order valence-electron chi connectivity index (χ2n) is 7.69. The summed E-state index contributed by atoms with van der Waals surface area (Å²) >= 11 is 6.05. The zero-order valence-corrected chi connectivity index (χ0v) is 16.8. The van der Waals surface area contributed by atoms with Crippen LogP contribution >= 0.6 is 11.6 Å². The Morgan fingerprint density at radius 1 is 1.10 bits per heavy atom. The Hall–Kier alpha value is -2.86. The van der Waals surface area contributed by atoms with Crippen LogP contribution in [0, 0.1) is 0 Å². The molecule has 0 atom stereocenters. The molecular formula is C22H22ClN5O. The summed E-state index contributed by atoms with van der Waals surface area (Å²) in [5.74, 6) is 1.80. The Morgan fingerprint density at radius 3 is 2.69 bits per heavy atom. The molecule has 0 spiro atoms. The minimum Gasteiger partial charge on any atom is -0.383 e. The number of fused-ring (bicyclic) bond motifs is 1. The molecule has 3 aromatic heterocycles. The van der Waals surface area contributed by atoms with Crippen molar-refractivity contribution in [3.63, 3.8) is 0 Å². The summed E-state index contributed by atoms with van der Waals surface area (Å²) in [7, 11) is 0. The van der Waals surface area contributed by atoms with E-state index >= 15 is 0 Å². The van der Waals surface area contributed by atoms with E-state index in [0.717, 1.165) is 33.6 Å². The van der Waals surface area contributed by atoms with Crippen LogP contribution in [0.3, 0.4) is 0 Å². The molecule has 1 aliphatic rings. The van der Waals surface area contributed by atoms with Gasteiger partial charge in [-0.3, -0.25) is 0 Å². The van der Waals surface area contributed by atoms with Crippen LogP contribution in [-0.4, -0.2) is 19.7 Å². The van der Waals surface area contributed by atoms with Gasteiger partial charge in [-0.05, 0) is 30.5 Å². The van der Waals surface area contributed by atoms with E-state index in [0.29, 0.717) is 23.3 Å². The summed E-state index contributed by atoms with van der Waals surface area (Å²) in [6.07, 6.45) is 9.80. The monoisotopic (exact) mass is 407 g/mol. The fourth-order valence-corrected chi connectivity index (χ4v) is 4.40. The SMILES string of the molecule is Nc1ncnc2c1c(-c1ccc(Cl)cc1)cn2Cc1cc(C2CCCCC2)no1. The molecule has 1 aliphatic carbocycles. The lowest BCUT2D eigenvalue weighted by Crippen LogP contribution is -2.04. The zero-order valence-electron chi connectivity index (χ0n) is 16.0. The van der Waals surface area contributed by atoms with Crippen molar-refractivity contribution in [2.45, 2.75) is 44.6 Å². The number of hydrogen-bond acceptors (Lipinski definition) is 5. The lowest BCUT2D eigenvalue weighted by atomic mass is 9.87. The van der Waals surface area contributed by atoms with Gasteiger partial charge in [-0.25, -0.2) is 9.97 Å². The van der Waals surface area contributed by atoms with Gasteiger partial charge in [0.05, 0.1) is 17.6 Å². The van der Waals surface area contributed by atoms with Crippen LogP contribution in [0.4, 0.5) is 5.82 Å². The molecule has 7 heteroatoms. The van der Waals surface area contributed by atoms with E-state index in [1.807, 2.05) is 35.0 Å². The molecule has 4 aromatic rings. The number of hydrogen-bond donors (Lipinski definition) is 1. The molecular weight excluding hydrogens is 386 g/mol. The second kappa shape index (κ2) is 7.52. The predicted molar refractivity (Wildman–Crippen MR) is 114 cm³/mol. The van der Waals surface area contributed by atoms with Crippen LogP contribution in [0.25, 0.3) is 22.2 Å². The first-order valence-corrected chi connectivity index (χ1v) is 10.4. The number of nitrogens with zero attached hydrogens (tertiary/aromatic N) is 4. The van der Waals surface area contributed by atoms with Crippen molar-refractivity contribution in [1.82, 2.24) is 19.7 Å². The largest absolute Gasteiger partial charge is 0.383 e. The van der Waals surface area contributed by atoms with Crippen molar-refractivity contribution < 1.29 is 4.52 Å². The summed E-state index contributed by atoms with van der Waals surface area (Å²) in [5.41, 5.74) is 10.0. The molecule has 0 bridgehead atoms. The maximum atomic E-state index is 6.21. The van der Waals surface area contributed by atoms with Crippen molar-refractivity contribution in [2.75, 3.05) is 5.73 Å². The first-order valence-electron chi connectivity index (χ1n) is 10.00. The van der Waals surface area contributed by atoms with Crippen molar-refractivity contribution in [2.24, 2.45) is 0 Å². The van der Waals surface area contributed by atoms with Crippen molar-refractivity contribution >= 4 is 28.5 Å². The molecule has 0 unspecified atom stereocenters. The first-order chi connectivity index (χ1) is 14.2. The van der Waals surface area contributed by atoms with Gasteiger partial charge in [-0.1, -0.05) is 48.2 Å². The van der Waals surface area contributed by atoms with E-state index in [-0.39, 0.29) is 0 Å². The third-order valence-electron chi connectivity index (χ3n) is 5.76. The first kappa shape index (κ1) is 18.2. The van der Waals surface area contributed by atoms with Gasteiger partial charge in [0.25, 0.3) is 0 Å². The normalized spacial score (nSPS) is 15.2. The van der Waals surface area contributed by atoms with Crippen molar-refractivity contribution in [1.29, 1.82) is 0 Å². The topological polar surface area (TPSA) is 82.8 Å². The molecule has 0 saturated heterocycles. The fraction of sp³-hybridized carbons (Fsp3) is 0.318. The van der Waals surface area contributed by atoms with Gasteiger partial charge >= 0.3 is 0 Å². The lowest BCUT2D eigenvalue weighted by molar-refractivity contribution is 0.355. The minimum atomic E-state index is 0.458.